The summed E-state index contributed by atoms with van der Waals surface area (Å²) in [5.41, 5.74) is 4.92. The van der Waals surface area contributed by atoms with Crippen LogP contribution < -0.4 is 10.6 Å². The summed E-state index contributed by atoms with van der Waals surface area (Å²) in [5.74, 6) is 0.0916. The number of nitrogens with zero attached hydrogens (tertiary/aromatic N) is 2. The molecule has 4 aromatic rings. The Labute approximate surface area is 199 Å². The van der Waals surface area contributed by atoms with E-state index in [4.69, 9.17) is 11.6 Å². The molecule has 2 aromatic carbocycles. The van der Waals surface area contributed by atoms with Gasteiger partial charge in [-0.2, -0.15) is 0 Å². The topological polar surface area (TPSA) is 66.9 Å². The maximum absolute atomic E-state index is 15.6. The van der Waals surface area contributed by atoms with Gasteiger partial charge in [-0.25, -0.2) is 14.4 Å². The van der Waals surface area contributed by atoms with Gasteiger partial charge < -0.3 is 10.6 Å². The van der Waals surface area contributed by atoms with Crippen molar-refractivity contribution in [3.63, 3.8) is 0 Å². The summed E-state index contributed by atoms with van der Waals surface area (Å²) in [6.45, 7) is 0.858. The molecule has 9 heteroatoms. The molecule has 0 radical (unpaired) electrons. The van der Waals surface area contributed by atoms with Crippen LogP contribution in [-0.2, 0) is 11.2 Å². The number of pyridine rings is 1. The van der Waals surface area contributed by atoms with Gasteiger partial charge in [0.2, 0.25) is 5.91 Å². The predicted octanol–water partition coefficient (Wildman–Crippen LogP) is 5.46. The van der Waals surface area contributed by atoms with E-state index in [-0.39, 0.29) is 30.2 Å². The molecule has 164 valence electrons. The molecule has 0 unspecified atom stereocenters. The van der Waals surface area contributed by atoms with Crippen LogP contribution >= 0.6 is 35.3 Å². The lowest BCUT2D eigenvalue weighted by atomic mass is 9.97. The second kappa shape index (κ2) is 9.50. The molecular formula is C23H19Cl2FN4OS. The summed E-state index contributed by atoms with van der Waals surface area (Å²) < 4.78 is 16.5. The minimum atomic E-state index is -0.311. The molecule has 0 spiro atoms. The Morgan fingerprint density at radius 2 is 2.09 bits per heavy atom. The molecule has 1 aliphatic heterocycles. The van der Waals surface area contributed by atoms with Gasteiger partial charge in [0.1, 0.15) is 11.6 Å². The Morgan fingerprint density at radius 3 is 2.78 bits per heavy atom. The van der Waals surface area contributed by atoms with Gasteiger partial charge in [0.15, 0.2) is 0 Å². The van der Waals surface area contributed by atoms with Gasteiger partial charge in [-0.1, -0.05) is 29.8 Å². The number of aromatic nitrogens is 2. The van der Waals surface area contributed by atoms with Crippen LogP contribution in [0, 0.1) is 5.82 Å². The molecule has 2 aromatic heterocycles. The van der Waals surface area contributed by atoms with Crippen LogP contribution in [0.4, 0.5) is 10.2 Å². The van der Waals surface area contributed by atoms with Crippen molar-refractivity contribution in [3.05, 3.63) is 76.1 Å². The first kappa shape index (κ1) is 22.6. The van der Waals surface area contributed by atoms with Crippen LogP contribution in [0.2, 0.25) is 5.02 Å². The molecule has 2 N–H and O–H groups in total. The van der Waals surface area contributed by atoms with Crippen molar-refractivity contribution in [1.29, 1.82) is 0 Å². The van der Waals surface area contributed by atoms with E-state index in [0.29, 0.717) is 39.5 Å². The molecule has 0 aliphatic carbocycles. The molecule has 0 bridgehead atoms. The van der Waals surface area contributed by atoms with Gasteiger partial charge in [0.05, 0.1) is 21.8 Å². The quantitative estimate of drug-likeness (QED) is 0.391. The Balaban J connectivity index is 0.00000245. The minimum Gasteiger partial charge on any atom is -0.309 e. The second-order valence-electron chi connectivity index (χ2n) is 7.45. The fraction of sp³-hybridized carbons (Fsp3) is 0.174. The van der Waals surface area contributed by atoms with Gasteiger partial charge in [-0.05, 0) is 53.9 Å². The Kier molecular flexibility index (Phi) is 6.71. The third kappa shape index (κ3) is 4.47. The summed E-state index contributed by atoms with van der Waals surface area (Å²) in [6.07, 6.45) is 2.87. The largest absolute Gasteiger partial charge is 0.309 e. The maximum Gasteiger partial charge on any atom is 0.242 e. The van der Waals surface area contributed by atoms with Crippen LogP contribution in [-0.4, -0.2) is 28.5 Å². The van der Waals surface area contributed by atoms with Gasteiger partial charge in [-0.3, -0.25) is 4.79 Å². The Hall–Kier alpha value is -2.58. The van der Waals surface area contributed by atoms with E-state index in [1.54, 1.807) is 36.0 Å². The highest BCUT2D eigenvalue weighted by atomic mass is 35.5. The van der Waals surface area contributed by atoms with E-state index in [9.17, 15) is 4.79 Å². The third-order valence-corrected chi connectivity index (χ3v) is 6.37. The zero-order valence-corrected chi connectivity index (χ0v) is 19.2. The number of nitrogens with one attached hydrogen (secondary N) is 2. The van der Waals surface area contributed by atoms with Crippen LogP contribution in [0.3, 0.4) is 0 Å². The molecule has 1 fully saturated rings. The highest BCUT2D eigenvalue weighted by Crippen LogP contribution is 2.36. The first-order valence-electron chi connectivity index (χ1n) is 9.88. The molecule has 5 nitrogen and oxygen atoms in total. The first-order valence-corrected chi connectivity index (χ1v) is 11.1. The lowest BCUT2D eigenvalue weighted by Gasteiger charge is -2.25. The van der Waals surface area contributed by atoms with Crippen LogP contribution in [0.5, 0.6) is 0 Å². The van der Waals surface area contributed by atoms with Gasteiger partial charge in [0, 0.05) is 23.2 Å². The molecule has 1 saturated heterocycles. The van der Waals surface area contributed by atoms with E-state index >= 15 is 4.39 Å². The SMILES string of the molecule is Cl.O=C(Nc1ccc(Cc2cc3scnc3c(-c3cccc(Cl)c3)c2F)cn1)[C@H]1CCN1. The predicted molar refractivity (Wildman–Crippen MR) is 129 cm³/mol. The molecule has 0 saturated carbocycles. The number of fused-ring (bicyclic) bond motifs is 1. The van der Waals surface area contributed by atoms with Crippen molar-refractivity contribution in [3.8, 4) is 11.1 Å². The molecule has 1 aliphatic rings. The maximum atomic E-state index is 15.6. The normalized spacial score (nSPS) is 15.1. The summed E-state index contributed by atoms with van der Waals surface area (Å²) in [5, 5.41) is 6.40. The van der Waals surface area contributed by atoms with Crippen molar-refractivity contribution in [1.82, 2.24) is 15.3 Å². The Morgan fingerprint density at radius 1 is 1.25 bits per heavy atom. The number of rotatable bonds is 5. The number of carbonyl (C=O) groups is 1. The van der Waals surface area contributed by atoms with Gasteiger partial charge in [0.25, 0.3) is 0 Å². The van der Waals surface area contributed by atoms with Gasteiger partial charge in [-0.15, -0.1) is 23.7 Å². The second-order valence-corrected chi connectivity index (χ2v) is 8.77. The highest BCUT2D eigenvalue weighted by molar-refractivity contribution is 7.16. The summed E-state index contributed by atoms with van der Waals surface area (Å²) in [4.78, 5) is 20.7. The van der Waals surface area contributed by atoms with E-state index < -0.39 is 0 Å². The van der Waals surface area contributed by atoms with E-state index in [1.807, 2.05) is 18.2 Å². The number of carbonyl (C=O) groups excluding carboxylic acids is 1. The fourth-order valence-corrected chi connectivity index (χ4v) is 4.55. The number of benzene rings is 2. The average Bonchev–Trinajstić information content (AvgIpc) is 3.16. The summed E-state index contributed by atoms with van der Waals surface area (Å²) in [7, 11) is 0. The highest BCUT2D eigenvalue weighted by Gasteiger charge is 2.24. The van der Waals surface area contributed by atoms with Crippen LogP contribution in [0.25, 0.3) is 21.3 Å². The Bertz CT molecular complexity index is 1270. The smallest absolute Gasteiger partial charge is 0.242 e. The monoisotopic (exact) mass is 488 g/mol. The van der Waals surface area contributed by atoms with Crippen LogP contribution in [0.15, 0.2) is 54.2 Å². The molecule has 32 heavy (non-hydrogen) atoms. The lowest BCUT2D eigenvalue weighted by molar-refractivity contribution is -0.119. The van der Waals surface area contributed by atoms with Crippen LogP contribution in [0.1, 0.15) is 17.5 Å². The lowest BCUT2D eigenvalue weighted by Crippen LogP contribution is -2.50. The molecular weight excluding hydrogens is 470 g/mol. The average molecular weight is 489 g/mol. The van der Waals surface area contributed by atoms with Crippen molar-refractivity contribution < 1.29 is 9.18 Å². The summed E-state index contributed by atoms with van der Waals surface area (Å²) in [6, 6.07) is 12.4. The fourth-order valence-electron chi connectivity index (χ4n) is 3.62. The van der Waals surface area contributed by atoms with Crippen molar-refractivity contribution >= 4 is 57.3 Å². The summed E-state index contributed by atoms with van der Waals surface area (Å²) >= 11 is 7.62. The minimum absolute atomic E-state index is 0. The zero-order chi connectivity index (χ0) is 21.4. The first-order chi connectivity index (χ1) is 15.1. The van der Waals surface area contributed by atoms with Crippen molar-refractivity contribution in [2.24, 2.45) is 0 Å². The molecule has 5 rings (SSSR count). The van der Waals surface area contributed by atoms with E-state index in [2.05, 4.69) is 20.6 Å². The number of hydrogen-bond acceptors (Lipinski definition) is 5. The third-order valence-electron chi connectivity index (χ3n) is 5.36. The van der Waals surface area contributed by atoms with Gasteiger partial charge >= 0.3 is 0 Å². The molecule has 1 atom stereocenters. The molecule has 1 amide bonds. The van der Waals surface area contributed by atoms with Crippen molar-refractivity contribution in [2.45, 2.75) is 18.9 Å². The number of thiazole rings is 1. The number of hydrogen-bond donors (Lipinski definition) is 2. The van der Waals surface area contributed by atoms with E-state index in [1.165, 1.54) is 11.3 Å². The number of amides is 1. The molecule has 3 heterocycles. The number of anilines is 1. The van der Waals surface area contributed by atoms with Crippen molar-refractivity contribution in [2.75, 3.05) is 11.9 Å². The standard InChI is InChI=1S/C23H18ClFN4OS.ClH/c24-16-3-1-2-14(9-16)20-21(25)15(10-18-22(20)28-12-31-18)8-13-4-5-19(27-11-13)29-23(30)17-6-7-26-17;/h1-5,9-12,17,26H,6-8H2,(H,27,29,30);1H/t17-;/m1./s1. The zero-order valence-electron chi connectivity index (χ0n) is 16.8. The van der Waals surface area contributed by atoms with E-state index in [0.717, 1.165) is 23.2 Å². The number of halogens is 3.